The standard InChI is InChI=1S/C18H18F2N4/c19-14-6-5-13(9-15(14)20)24-8-7-12(11-24)10-21-18-22-16-3-1-2-4-17(16)23-18/h1-6,9,12H,7-8,10-11H2,(H2,21,22,23). The van der Waals surface area contributed by atoms with E-state index < -0.39 is 11.6 Å². The van der Waals surface area contributed by atoms with Crippen LogP contribution >= 0.6 is 0 Å². The summed E-state index contributed by atoms with van der Waals surface area (Å²) < 4.78 is 26.4. The molecule has 0 radical (unpaired) electrons. The smallest absolute Gasteiger partial charge is 0.201 e. The molecule has 24 heavy (non-hydrogen) atoms. The molecule has 0 aliphatic carbocycles. The van der Waals surface area contributed by atoms with E-state index in [-0.39, 0.29) is 0 Å². The van der Waals surface area contributed by atoms with Crippen LogP contribution in [0.4, 0.5) is 20.4 Å². The Morgan fingerprint density at radius 3 is 2.88 bits per heavy atom. The summed E-state index contributed by atoms with van der Waals surface area (Å²) in [6.45, 7) is 2.45. The second-order valence-corrected chi connectivity index (χ2v) is 6.18. The van der Waals surface area contributed by atoms with Gasteiger partial charge in [0.05, 0.1) is 11.0 Å². The Morgan fingerprint density at radius 1 is 1.17 bits per heavy atom. The average molecular weight is 328 g/mol. The molecular formula is C18H18F2N4. The van der Waals surface area contributed by atoms with Crippen molar-refractivity contribution in [2.75, 3.05) is 29.9 Å². The Balaban J connectivity index is 1.37. The van der Waals surface area contributed by atoms with Gasteiger partial charge in [-0.2, -0.15) is 0 Å². The molecule has 4 rings (SSSR count). The predicted octanol–water partition coefficient (Wildman–Crippen LogP) is 3.78. The number of hydrogen-bond donors (Lipinski definition) is 2. The monoisotopic (exact) mass is 328 g/mol. The zero-order valence-corrected chi connectivity index (χ0v) is 13.1. The number of imidazole rings is 1. The van der Waals surface area contributed by atoms with Crippen LogP contribution in [0.3, 0.4) is 0 Å². The summed E-state index contributed by atoms with van der Waals surface area (Å²) in [5.74, 6) is -0.397. The van der Waals surface area contributed by atoms with E-state index in [0.29, 0.717) is 5.92 Å². The van der Waals surface area contributed by atoms with E-state index in [0.717, 1.165) is 48.7 Å². The molecule has 1 aliphatic rings. The van der Waals surface area contributed by atoms with Gasteiger partial charge in [0.2, 0.25) is 5.95 Å². The molecule has 0 spiro atoms. The summed E-state index contributed by atoms with van der Waals surface area (Å²) in [7, 11) is 0. The first-order valence-corrected chi connectivity index (χ1v) is 8.07. The van der Waals surface area contributed by atoms with Crippen molar-refractivity contribution in [3.05, 3.63) is 54.1 Å². The number of nitrogens with zero attached hydrogens (tertiary/aromatic N) is 2. The van der Waals surface area contributed by atoms with E-state index in [1.807, 2.05) is 24.3 Å². The highest BCUT2D eigenvalue weighted by atomic mass is 19.2. The second-order valence-electron chi connectivity index (χ2n) is 6.18. The number of nitrogens with one attached hydrogen (secondary N) is 2. The van der Waals surface area contributed by atoms with Crippen molar-refractivity contribution in [3.63, 3.8) is 0 Å². The molecule has 3 aromatic rings. The van der Waals surface area contributed by atoms with Crippen molar-refractivity contribution in [1.82, 2.24) is 9.97 Å². The molecule has 1 saturated heterocycles. The molecule has 124 valence electrons. The molecule has 4 nitrogen and oxygen atoms in total. The Labute approximate surface area is 138 Å². The van der Waals surface area contributed by atoms with Crippen LogP contribution in [0.15, 0.2) is 42.5 Å². The molecule has 1 fully saturated rings. The number of hydrogen-bond acceptors (Lipinski definition) is 3. The summed E-state index contributed by atoms with van der Waals surface area (Å²) in [6, 6.07) is 12.0. The van der Waals surface area contributed by atoms with Gasteiger partial charge in [0.1, 0.15) is 0 Å². The summed E-state index contributed by atoms with van der Waals surface area (Å²) >= 11 is 0. The van der Waals surface area contributed by atoms with Gasteiger partial charge in [-0.05, 0) is 36.6 Å². The quantitative estimate of drug-likeness (QED) is 0.766. The van der Waals surface area contributed by atoms with Gasteiger partial charge in [-0.15, -0.1) is 0 Å². The molecule has 0 bridgehead atoms. The van der Waals surface area contributed by atoms with Crippen molar-refractivity contribution in [2.24, 2.45) is 5.92 Å². The highest BCUT2D eigenvalue weighted by Crippen LogP contribution is 2.25. The third-order valence-corrected chi connectivity index (χ3v) is 4.50. The molecule has 2 aromatic carbocycles. The van der Waals surface area contributed by atoms with E-state index >= 15 is 0 Å². The van der Waals surface area contributed by atoms with Gasteiger partial charge in [-0.3, -0.25) is 0 Å². The number of aromatic amines is 1. The lowest BCUT2D eigenvalue weighted by Gasteiger charge is -2.19. The van der Waals surface area contributed by atoms with Gasteiger partial charge in [-0.25, -0.2) is 13.8 Å². The highest BCUT2D eigenvalue weighted by molar-refractivity contribution is 5.77. The highest BCUT2D eigenvalue weighted by Gasteiger charge is 2.23. The maximum absolute atomic E-state index is 13.4. The number of aromatic nitrogens is 2. The maximum atomic E-state index is 13.4. The number of rotatable bonds is 4. The SMILES string of the molecule is Fc1ccc(N2CCC(CNc3nc4ccccc4[nH]3)C2)cc1F. The predicted molar refractivity (Wildman–Crippen MR) is 91.3 cm³/mol. The number of anilines is 2. The lowest BCUT2D eigenvalue weighted by molar-refractivity contribution is 0.508. The molecule has 0 saturated carbocycles. The van der Waals surface area contributed by atoms with Crippen LogP contribution in [0.5, 0.6) is 0 Å². The molecule has 6 heteroatoms. The van der Waals surface area contributed by atoms with E-state index in [1.54, 1.807) is 6.07 Å². The molecule has 1 aromatic heterocycles. The fourth-order valence-corrected chi connectivity index (χ4v) is 3.19. The fourth-order valence-electron chi connectivity index (χ4n) is 3.19. The Morgan fingerprint density at radius 2 is 2.04 bits per heavy atom. The summed E-state index contributed by atoms with van der Waals surface area (Å²) in [5, 5.41) is 3.34. The molecule has 2 heterocycles. The van der Waals surface area contributed by atoms with Crippen LogP contribution in [-0.2, 0) is 0 Å². The van der Waals surface area contributed by atoms with Crippen molar-refractivity contribution >= 4 is 22.7 Å². The first-order valence-electron chi connectivity index (χ1n) is 8.07. The van der Waals surface area contributed by atoms with E-state index in [1.165, 1.54) is 12.1 Å². The van der Waals surface area contributed by atoms with Crippen LogP contribution in [0.25, 0.3) is 11.0 Å². The third-order valence-electron chi connectivity index (χ3n) is 4.50. The lowest BCUT2D eigenvalue weighted by atomic mass is 10.1. The minimum Gasteiger partial charge on any atom is -0.371 e. The van der Waals surface area contributed by atoms with E-state index in [4.69, 9.17) is 0 Å². The van der Waals surface area contributed by atoms with Crippen LogP contribution in [0.1, 0.15) is 6.42 Å². The summed E-state index contributed by atoms with van der Waals surface area (Å²) in [6.07, 6.45) is 1.01. The molecular weight excluding hydrogens is 310 g/mol. The molecule has 1 aliphatic heterocycles. The summed E-state index contributed by atoms with van der Waals surface area (Å²) in [4.78, 5) is 9.84. The zero-order chi connectivity index (χ0) is 16.5. The minimum atomic E-state index is -0.805. The van der Waals surface area contributed by atoms with Crippen molar-refractivity contribution in [2.45, 2.75) is 6.42 Å². The van der Waals surface area contributed by atoms with Crippen molar-refractivity contribution in [3.8, 4) is 0 Å². The van der Waals surface area contributed by atoms with E-state index in [2.05, 4.69) is 20.2 Å². The Kier molecular flexibility index (Phi) is 3.80. The zero-order valence-electron chi connectivity index (χ0n) is 13.1. The lowest BCUT2D eigenvalue weighted by Crippen LogP contribution is -2.22. The molecule has 0 amide bonds. The minimum absolute atomic E-state index is 0.436. The molecule has 1 atom stereocenters. The third kappa shape index (κ3) is 2.91. The van der Waals surface area contributed by atoms with Gasteiger partial charge in [0, 0.05) is 31.4 Å². The molecule has 2 N–H and O–H groups in total. The van der Waals surface area contributed by atoms with Gasteiger partial charge in [-0.1, -0.05) is 12.1 Å². The summed E-state index contributed by atoms with van der Waals surface area (Å²) in [5.41, 5.74) is 2.69. The first kappa shape index (κ1) is 14.9. The van der Waals surface area contributed by atoms with Crippen LogP contribution in [-0.4, -0.2) is 29.6 Å². The fraction of sp³-hybridized carbons (Fsp3) is 0.278. The van der Waals surface area contributed by atoms with Crippen LogP contribution in [0, 0.1) is 17.6 Å². The van der Waals surface area contributed by atoms with E-state index in [9.17, 15) is 8.78 Å². The van der Waals surface area contributed by atoms with Gasteiger partial charge in [0.25, 0.3) is 0 Å². The number of fused-ring (bicyclic) bond motifs is 1. The normalized spacial score (nSPS) is 17.6. The second kappa shape index (κ2) is 6.11. The number of H-pyrrole nitrogens is 1. The number of para-hydroxylation sites is 2. The topological polar surface area (TPSA) is 44.0 Å². The van der Waals surface area contributed by atoms with Crippen LogP contribution < -0.4 is 10.2 Å². The Bertz CT molecular complexity index is 828. The van der Waals surface area contributed by atoms with Gasteiger partial charge in [0.15, 0.2) is 11.6 Å². The number of halogens is 2. The average Bonchev–Trinajstić information content (AvgIpc) is 3.21. The largest absolute Gasteiger partial charge is 0.371 e. The molecule has 1 unspecified atom stereocenters. The number of benzene rings is 2. The van der Waals surface area contributed by atoms with Crippen LogP contribution in [0.2, 0.25) is 0 Å². The van der Waals surface area contributed by atoms with Crippen molar-refractivity contribution in [1.29, 1.82) is 0 Å². The maximum Gasteiger partial charge on any atom is 0.201 e. The van der Waals surface area contributed by atoms with Gasteiger partial charge < -0.3 is 15.2 Å². The first-order chi connectivity index (χ1) is 11.7. The van der Waals surface area contributed by atoms with Crippen molar-refractivity contribution < 1.29 is 8.78 Å². The van der Waals surface area contributed by atoms with Gasteiger partial charge >= 0.3 is 0 Å². The Hall–Kier alpha value is -2.63.